The Balaban J connectivity index is 2.16. The molecule has 0 aliphatic rings. The fourth-order valence-electron chi connectivity index (χ4n) is 2.13. The van der Waals surface area contributed by atoms with Gasteiger partial charge in [-0.05, 0) is 35.4 Å². The fourth-order valence-corrected chi connectivity index (χ4v) is 2.13. The molecule has 0 heterocycles. The van der Waals surface area contributed by atoms with Gasteiger partial charge in [0.1, 0.15) is 0 Å². The highest BCUT2D eigenvalue weighted by atomic mass is 14.7. The van der Waals surface area contributed by atoms with Crippen LogP contribution >= 0.6 is 0 Å². The second kappa shape index (κ2) is 5.58. The van der Waals surface area contributed by atoms with Crippen LogP contribution in [0.15, 0.2) is 54.6 Å². The molecular weight excluding hydrogens is 230 g/mol. The maximum atomic E-state index is 6.04. The lowest BCUT2D eigenvalue weighted by Crippen LogP contribution is -2.36. The van der Waals surface area contributed by atoms with Crippen molar-refractivity contribution in [2.24, 2.45) is 11.1 Å². The fraction of sp³-hybridized carbons (Fsp3) is 0.333. The van der Waals surface area contributed by atoms with E-state index in [1.54, 1.807) is 0 Å². The summed E-state index contributed by atoms with van der Waals surface area (Å²) in [6.07, 6.45) is 1.01. The minimum Gasteiger partial charge on any atom is -0.327 e. The van der Waals surface area contributed by atoms with Crippen molar-refractivity contribution in [3.63, 3.8) is 0 Å². The summed E-state index contributed by atoms with van der Waals surface area (Å²) in [6.45, 7) is 6.53. The maximum Gasteiger partial charge on any atom is 0.00649 e. The number of hydrogen-bond donors (Lipinski definition) is 1. The van der Waals surface area contributed by atoms with E-state index in [0.29, 0.717) is 0 Å². The van der Waals surface area contributed by atoms with Gasteiger partial charge in [-0.15, -0.1) is 0 Å². The predicted molar refractivity (Wildman–Crippen MR) is 83.0 cm³/mol. The lowest BCUT2D eigenvalue weighted by Gasteiger charge is -2.29. The number of hydrogen-bond acceptors (Lipinski definition) is 1. The Morgan fingerprint density at radius 1 is 0.895 bits per heavy atom. The molecule has 0 aliphatic carbocycles. The highest BCUT2D eigenvalue weighted by Crippen LogP contribution is 2.26. The molecule has 100 valence electrons. The quantitative estimate of drug-likeness (QED) is 0.865. The van der Waals surface area contributed by atoms with Crippen LogP contribution in [-0.4, -0.2) is 6.04 Å². The van der Waals surface area contributed by atoms with Crippen LogP contribution in [0.25, 0.3) is 11.1 Å². The van der Waals surface area contributed by atoms with Gasteiger partial charge in [0.25, 0.3) is 0 Å². The van der Waals surface area contributed by atoms with E-state index in [9.17, 15) is 0 Å². The Morgan fingerprint density at radius 2 is 1.42 bits per heavy atom. The predicted octanol–water partition coefficient (Wildman–Crippen LogP) is 4.27. The molecule has 0 amide bonds. The summed E-state index contributed by atoms with van der Waals surface area (Å²) < 4.78 is 0. The Labute approximate surface area is 116 Å². The Morgan fingerprint density at radius 3 is 1.95 bits per heavy atom. The van der Waals surface area contributed by atoms with Crippen LogP contribution < -0.4 is 5.73 Å². The molecule has 0 aromatic heterocycles. The van der Waals surface area contributed by atoms with Crippen molar-refractivity contribution in [1.29, 1.82) is 0 Å². The van der Waals surface area contributed by atoms with Crippen molar-refractivity contribution in [1.82, 2.24) is 0 Å². The molecule has 0 spiro atoms. The van der Waals surface area contributed by atoms with E-state index >= 15 is 0 Å². The van der Waals surface area contributed by atoms with Gasteiger partial charge in [0.2, 0.25) is 0 Å². The van der Waals surface area contributed by atoms with Gasteiger partial charge in [-0.1, -0.05) is 68.4 Å². The largest absolute Gasteiger partial charge is 0.327 e. The van der Waals surface area contributed by atoms with Crippen LogP contribution in [0.5, 0.6) is 0 Å². The first kappa shape index (κ1) is 13.8. The summed E-state index contributed by atoms with van der Waals surface area (Å²) >= 11 is 0. The lowest BCUT2D eigenvalue weighted by molar-refractivity contribution is 0.299. The van der Waals surface area contributed by atoms with Gasteiger partial charge in [0.05, 0.1) is 0 Å². The topological polar surface area (TPSA) is 26.0 Å². The van der Waals surface area contributed by atoms with Gasteiger partial charge in [-0.25, -0.2) is 0 Å². The Hall–Kier alpha value is -1.60. The van der Waals surface area contributed by atoms with Crippen molar-refractivity contribution in [3.05, 3.63) is 60.2 Å². The Kier molecular flexibility index (Phi) is 4.06. The van der Waals surface area contributed by atoms with Crippen molar-refractivity contribution in [2.45, 2.75) is 33.2 Å². The Bertz CT molecular complexity index is 509. The molecule has 0 radical (unpaired) electrons. The van der Waals surface area contributed by atoms with Crippen molar-refractivity contribution < 1.29 is 0 Å². The minimum absolute atomic E-state index is 0.133. The summed E-state index contributed by atoms with van der Waals surface area (Å²) in [6, 6.07) is 19.5. The van der Waals surface area contributed by atoms with Gasteiger partial charge in [-0.3, -0.25) is 0 Å². The summed E-state index contributed by atoms with van der Waals surface area (Å²) in [5.41, 5.74) is 10.1. The maximum absolute atomic E-state index is 6.04. The minimum atomic E-state index is 0.133. The van der Waals surface area contributed by atoms with E-state index in [4.69, 9.17) is 5.73 Å². The smallest absolute Gasteiger partial charge is 0.00649 e. The standard InChI is InChI=1S/C18H23N/c1-14(19)18(2,3)13-15-9-11-17(12-10-15)16-7-5-4-6-8-16/h4-12,14H,13,19H2,1-3H3. The van der Waals surface area contributed by atoms with Gasteiger partial charge in [0.15, 0.2) is 0 Å². The van der Waals surface area contributed by atoms with E-state index < -0.39 is 0 Å². The molecular formula is C18H23N. The molecule has 0 saturated heterocycles. The van der Waals surface area contributed by atoms with Crippen LogP contribution in [0.1, 0.15) is 26.3 Å². The third-order valence-electron chi connectivity index (χ3n) is 3.95. The van der Waals surface area contributed by atoms with E-state index in [2.05, 4.69) is 69.3 Å². The zero-order valence-corrected chi connectivity index (χ0v) is 12.1. The molecule has 2 rings (SSSR count). The zero-order chi connectivity index (χ0) is 13.9. The highest BCUT2D eigenvalue weighted by Gasteiger charge is 2.22. The van der Waals surface area contributed by atoms with E-state index in [1.165, 1.54) is 16.7 Å². The normalized spacial score (nSPS) is 13.3. The number of nitrogens with two attached hydrogens (primary N) is 1. The first-order chi connectivity index (χ1) is 8.99. The third kappa shape index (κ3) is 3.45. The molecule has 0 fully saturated rings. The van der Waals surface area contributed by atoms with Crippen LogP contribution in [0.4, 0.5) is 0 Å². The second-order valence-corrected chi connectivity index (χ2v) is 6.02. The summed E-state index contributed by atoms with van der Waals surface area (Å²) in [7, 11) is 0. The molecule has 1 nitrogen and oxygen atoms in total. The molecule has 1 heteroatoms. The molecule has 2 aromatic carbocycles. The molecule has 2 N–H and O–H groups in total. The molecule has 1 unspecified atom stereocenters. The monoisotopic (exact) mass is 253 g/mol. The molecule has 0 bridgehead atoms. The summed E-state index contributed by atoms with van der Waals surface area (Å²) in [5, 5.41) is 0. The average Bonchev–Trinajstić information content (AvgIpc) is 2.40. The first-order valence-corrected chi connectivity index (χ1v) is 6.89. The molecule has 0 saturated carbocycles. The van der Waals surface area contributed by atoms with Crippen molar-refractivity contribution >= 4 is 0 Å². The molecule has 19 heavy (non-hydrogen) atoms. The zero-order valence-electron chi connectivity index (χ0n) is 12.1. The first-order valence-electron chi connectivity index (χ1n) is 6.89. The van der Waals surface area contributed by atoms with Crippen molar-refractivity contribution in [3.8, 4) is 11.1 Å². The van der Waals surface area contributed by atoms with Gasteiger partial charge < -0.3 is 5.73 Å². The summed E-state index contributed by atoms with van der Waals surface area (Å²) in [4.78, 5) is 0. The third-order valence-corrected chi connectivity index (χ3v) is 3.95. The number of benzene rings is 2. The van der Waals surface area contributed by atoms with Crippen molar-refractivity contribution in [2.75, 3.05) is 0 Å². The lowest BCUT2D eigenvalue weighted by atomic mass is 9.80. The molecule has 1 atom stereocenters. The van der Waals surface area contributed by atoms with Crippen LogP contribution in [0.3, 0.4) is 0 Å². The van der Waals surface area contributed by atoms with Crippen LogP contribution in [-0.2, 0) is 6.42 Å². The van der Waals surface area contributed by atoms with E-state index in [1.807, 2.05) is 6.07 Å². The number of rotatable bonds is 4. The highest BCUT2D eigenvalue weighted by molar-refractivity contribution is 5.63. The average molecular weight is 253 g/mol. The van der Waals surface area contributed by atoms with Gasteiger partial charge in [-0.2, -0.15) is 0 Å². The second-order valence-electron chi connectivity index (χ2n) is 6.02. The molecule has 0 aliphatic heterocycles. The van der Waals surface area contributed by atoms with Gasteiger partial charge >= 0.3 is 0 Å². The van der Waals surface area contributed by atoms with Crippen LogP contribution in [0, 0.1) is 5.41 Å². The van der Waals surface area contributed by atoms with E-state index in [0.717, 1.165) is 6.42 Å². The molecule has 2 aromatic rings. The van der Waals surface area contributed by atoms with Gasteiger partial charge in [0, 0.05) is 6.04 Å². The summed E-state index contributed by atoms with van der Waals surface area (Å²) in [5.74, 6) is 0. The van der Waals surface area contributed by atoms with Crippen LogP contribution in [0.2, 0.25) is 0 Å². The SMILES string of the molecule is CC(N)C(C)(C)Cc1ccc(-c2ccccc2)cc1. The van der Waals surface area contributed by atoms with E-state index in [-0.39, 0.29) is 11.5 Å².